The Hall–Kier alpha value is -2.32. The van der Waals surface area contributed by atoms with E-state index in [1.165, 1.54) is 6.07 Å². The van der Waals surface area contributed by atoms with Gasteiger partial charge in [0.15, 0.2) is 5.03 Å². The monoisotopic (exact) mass is 307 g/mol. The molecule has 0 aliphatic heterocycles. The maximum absolute atomic E-state index is 12.2. The lowest BCUT2D eigenvalue weighted by atomic mass is 10.2. The van der Waals surface area contributed by atoms with Gasteiger partial charge in [-0.05, 0) is 30.7 Å². The zero-order valence-electron chi connectivity index (χ0n) is 11.1. The van der Waals surface area contributed by atoms with Crippen molar-refractivity contribution < 1.29 is 18.3 Å². The Morgan fingerprint density at radius 2 is 2.05 bits per heavy atom. The summed E-state index contributed by atoms with van der Waals surface area (Å²) in [6, 6.07) is 5.33. The molecule has 2 rings (SSSR count). The highest BCUT2D eigenvalue weighted by Gasteiger charge is 2.20. The van der Waals surface area contributed by atoms with Crippen LogP contribution in [0.5, 0.6) is 0 Å². The molecule has 2 N–H and O–H groups in total. The lowest BCUT2D eigenvalue weighted by Crippen LogP contribution is -2.27. The van der Waals surface area contributed by atoms with E-state index < -0.39 is 22.0 Å². The van der Waals surface area contributed by atoms with Gasteiger partial charge in [0.2, 0.25) is 0 Å². The third-order valence-electron chi connectivity index (χ3n) is 2.77. The molecule has 0 fully saturated rings. The largest absolute Gasteiger partial charge is 0.478 e. The fourth-order valence-corrected chi connectivity index (χ4v) is 2.82. The van der Waals surface area contributed by atoms with Crippen LogP contribution in [0.4, 0.5) is 0 Å². The first-order valence-corrected chi connectivity index (χ1v) is 7.50. The van der Waals surface area contributed by atoms with Crippen molar-refractivity contribution >= 4 is 16.0 Å². The summed E-state index contributed by atoms with van der Waals surface area (Å²) < 4.78 is 26.8. The van der Waals surface area contributed by atoms with E-state index in [-0.39, 0.29) is 10.6 Å². The second kappa shape index (κ2) is 5.98. The van der Waals surface area contributed by atoms with E-state index in [4.69, 9.17) is 5.11 Å². The van der Waals surface area contributed by atoms with Crippen molar-refractivity contribution in [3.05, 3.63) is 54.0 Å². The Morgan fingerprint density at radius 1 is 1.29 bits per heavy atom. The molecule has 0 bridgehead atoms. The Labute approximate surface area is 121 Å². The van der Waals surface area contributed by atoms with Crippen LogP contribution >= 0.6 is 0 Å². The van der Waals surface area contributed by atoms with Gasteiger partial charge >= 0.3 is 5.97 Å². The van der Waals surface area contributed by atoms with Crippen LogP contribution in [0.25, 0.3) is 0 Å². The number of pyridine rings is 2. The molecule has 21 heavy (non-hydrogen) atoms. The molecule has 0 aliphatic carbocycles. The number of carbonyl (C=O) groups is 1. The van der Waals surface area contributed by atoms with Gasteiger partial charge in [-0.3, -0.25) is 4.98 Å². The van der Waals surface area contributed by atoms with Crippen LogP contribution in [-0.2, 0) is 10.0 Å². The fraction of sp³-hybridized carbons (Fsp3) is 0.154. The van der Waals surface area contributed by atoms with Crippen LogP contribution in [0.15, 0.2) is 47.9 Å². The van der Waals surface area contributed by atoms with Crippen molar-refractivity contribution in [3.63, 3.8) is 0 Å². The number of sulfonamides is 1. The zero-order valence-corrected chi connectivity index (χ0v) is 11.9. The van der Waals surface area contributed by atoms with Gasteiger partial charge < -0.3 is 5.11 Å². The lowest BCUT2D eigenvalue weighted by molar-refractivity contribution is 0.0696. The normalized spacial score (nSPS) is 12.8. The van der Waals surface area contributed by atoms with Crippen molar-refractivity contribution in [2.45, 2.75) is 18.0 Å². The van der Waals surface area contributed by atoms with Gasteiger partial charge in [0.1, 0.15) is 0 Å². The second-order valence-corrected chi connectivity index (χ2v) is 5.98. The van der Waals surface area contributed by atoms with Crippen LogP contribution in [0, 0.1) is 0 Å². The van der Waals surface area contributed by atoms with Gasteiger partial charge in [0, 0.05) is 24.6 Å². The van der Waals surface area contributed by atoms with Gasteiger partial charge in [-0.2, -0.15) is 0 Å². The molecule has 2 heterocycles. The van der Waals surface area contributed by atoms with E-state index in [0.717, 1.165) is 12.3 Å². The predicted octanol–water partition coefficient (Wildman–Crippen LogP) is 1.21. The Morgan fingerprint density at radius 3 is 2.57 bits per heavy atom. The molecule has 110 valence electrons. The fourth-order valence-electron chi connectivity index (χ4n) is 1.66. The van der Waals surface area contributed by atoms with E-state index in [0.29, 0.717) is 5.56 Å². The minimum absolute atomic E-state index is 0.0748. The molecule has 0 aliphatic rings. The van der Waals surface area contributed by atoms with Gasteiger partial charge in [0.05, 0.1) is 5.56 Å². The first kappa shape index (κ1) is 15.1. The molecule has 0 amide bonds. The SMILES string of the molecule is CC(NS(=O)(=O)c1ccc(C(=O)O)cn1)c1cccnc1. The van der Waals surface area contributed by atoms with Gasteiger partial charge in [-0.15, -0.1) is 0 Å². The minimum Gasteiger partial charge on any atom is -0.478 e. The number of hydrogen-bond acceptors (Lipinski definition) is 5. The average Bonchev–Trinajstić information content (AvgIpc) is 2.48. The number of rotatable bonds is 5. The summed E-state index contributed by atoms with van der Waals surface area (Å²) >= 11 is 0. The van der Waals surface area contributed by atoms with E-state index in [9.17, 15) is 13.2 Å². The van der Waals surface area contributed by atoms with Crippen LogP contribution < -0.4 is 4.72 Å². The number of carboxylic acid groups (broad SMARTS) is 1. The summed E-state index contributed by atoms with van der Waals surface area (Å²) in [6.45, 7) is 1.68. The molecule has 2 aromatic rings. The third-order valence-corrected chi connectivity index (χ3v) is 4.23. The number of hydrogen-bond donors (Lipinski definition) is 2. The topological polar surface area (TPSA) is 109 Å². The van der Waals surface area contributed by atoms with Crippen LogP contribution in [0.1, 0.15) is 28.9 Å². The zero-order chi connectivity index (χ0) is 15.5. The first-order valence-electron chi connectivity index (χ1n) is 6.02. The summed E-state index contributed by atoms with van der Waals surface area (Å²) in [5.41, 5.74) is 0.637. The van der Waals surface area contributed by atoms with Gasteiger partial charge in [-0.1, -0.05) is 6.07 Å². The van der Waals surface area contributed by atoms with Gasteiger partial charge in [-0.25, -0.2) is 22.9 Å². The molecule has 0 radical (unpaired) electrons. The molecule has 1 unspecified atom stereocenters. The molecule has 1 atom stereocenters. The molecule has 0 aromatic carbocycles. The average molecular weight is 307 g/mol. The van der Waals surface area contributed by atoms with Crippen LogP contribution in [0.3, 0.4) is 0 Å². The molecule has 8 heteroatoms. The summed E-state index contributed by atoms with van der Waals surface area (Å²) in [7, 11) is -3.83. The summed E-state index contributed by atoms with van der Waals surface area (Å²) in [4.78, 5) is 18.3. The molecule has 0 saturated heterocycles. The van der Waals surface area contributed by atoms with Crippen molar-refractivity contribution in [1.29, 1.82) is 0 Å². The molecule has 0 spiro atoms. The second-order valence-electron chi connectivity index (χ2n) is 4.32. The van der Waals surface area contributed by atoms with Crippen LogP contribution in [-0.4, -0.2) is 29.5 Å². The number of aromatic carboxylic acids is 1. The quantitative estimate of drug-likeness (QED) is 0.859. The van der Waals surface area contributed by atoms with Crippen molar-refractivity contribution in [1.82, 2.24) is 14.7 Å². The van der Waals surface area contributed by atoms with E-state index in [1.54, 1.807) is 31.5 Å². The predicted molar refractivity (Wildman–Crippen MR) is 74.2 cm³/mol. The lowest BCUT2D eigenvalue weighted by Gasteiger charge is -2.13. The Bertz CT molecular complexity index is 730. The van der Waals surface area contributed by atoms with E-state index >= 15 is 0 Å². The third kappa shape index (κ3) is 3.61. The van der Waals surface area contributed by atoms with E-state index in [1.807, 2.05) is 0 Å². The standard InChI is InChI=1S/C13H13N3O4S/c1-9(10-3-2-6-14-7-10)16-21(19,20)12-5-4-11(8-15-12)13(17)18/h2-9,16H,1H3,(H,17,18). The Balaban J connectivity index is 2.20. The van der Waals surface area contributed by atoms with E-state index in [2.05, 4.69) is 14.7 Å². The highest BCUT2D eigenvalue weighted by atomic mass is 32.2. The number of aromatic nitrogens is 2. The number of nitrogens with zero attached hydrogens (tertiary/aromatic N) is 2. The van der Waals surface area contributed by atoms with Crippen molar-refractivity contribution in [2.24, 2.45) is 0 Å². The molecular weight excluding hydrogens is 294 g/mol. The number of nitrogens with one attached hydrogen (secondary N) is 1. The number of carboxylic acids is 1. The molecule has 7 nitrogen and oxygen atoms in total. The summed E-state index contributed by atoms with van der Waals surface area (Å²) in [5.74, 6) is -1.16. The maximum atomic E-state index is 12.2. The summed E-state index contributed by atoms with van der Waals surface area (Å²) in [6.07, 6.45) is 4.16. The van der Waals surface area contributed by atoms with Crippen molar-refractivity contribution in [3.8, 4) is 0 Å². The molecule has 2 aromatic heterocycles. The smallest absolute Gasteiger partial charge is 0.337 e. The molecular formula is C13H13N3O4S. The molecule has 0 saturated carbocycles. The summed E-state index contributed by atoms with van der Waals surface area (Å²) in [5, 5.41) is 8.53. The first-order chi connectivity index (χ1) is 9.90. The minimum atomic E-state index is -3.83. The maximum Gasteiger partial charge on any atom is 0.337 e. The van der Waals surface area contributed by atoms with Crippen LogP contribution in [0.2, 0.25) is 0 Å². The van der Waals surface area contributed by atoms with Gasteiger partial charge in [0.25, 0.3) is 10.0 Å². The highest BCUT2D eigenvalue weighted by Crippen LogP contribution is 2.15. The Kier molecular flexibility index (Phi) is 4.29. The van der Waals surface area contributed by atoms with Crippen molar-refractivity contribution in [2.75, 3.05) is 0 Å². The highest BCUT2D eigenvalue weighted by molar-refractivity contribution is 7.89.